The van der Waals surface area contributed by atoms with Crippen molar-refractivity contribution in [3.63, 3.8) is 0 Å². The van der Waals surface area contributed by atoms with E-state index in [1.807, 2.05) is 0 Å². The number of ether oxygens (including phenoxy) is 1. The highest BCUT2D eigenvalue weighted by Gasteiger charge is 2.38. The lowest BCUT2D eigenvalue weighted by atomic mass is 9.93. The Labute approximate surface area is 118 Å². The average molecular weight is 286 g/mol. The van der Waals surface area contributed by atoms with Gasteiger partial charge in [0.05, 0.1) is 18.6 Å². The van der Waals surface area contributed by atoms with Gasteiger partial charge in [-0.1, -0.05) is 12.8 Å². The van der Waals surface area contributed by atoms with Crippen LogP contribution in [0.5, 0.6) is 0 Å². The summed E-state index contributed by atoms with van der Waals surface area (Å²) in [7, 11) is 1.48. The molecule has 0 radical (unpaired) electrons. The molecule has 0 saturated heterocycles. The van der Waals surface area contributed by atoms with E-state index in [0.717, 1.165) is 12.8 Å². The summed E-state index contributed by atoms with van der Waals surface area (Å²) in [5, 5.41) is 11.7. The highest BCUT2D eigenvalue weighted by molar-refractivity contribution is 5.81. The molecule has 0 aromatic carbocycles. The third-order valence-corrected chi connectivity index (χ3v) is 3.44. The van der Waals surface area contributed by atoms with Crippen molar-refractivity contribution in [2.45, 2.75) is 44.6 Å². The van der Waals surface area contributed by atoms with Crippen molar-refractivity contribution in [3.05, 3.63) is 0 Å². The first-order valence-corrected chi connectivity index (χ1v) is 6.79. The summed E-state index contributed by atoms with van der Waals surface area (Å²) < 4.78 is 4.77. The Morgan fingerprint density at radius 2 is 1.90 bits per heavy atom. The molecule has 2 N–H and O–H groups in total. The molecule has 0 aliphatic heterocycles. The number of nitrogens with zero attached hydrogens (tertiary/aromatic N) is 1. The molecule has 20 heavy (non-hydrogen) atoms. The Bertz CT molecular complexity index is 377. The van der Waals surface area contributed by atoms with Crippen LogP contribution in [0.15, 0.2) is 0 Å². The van der Waals surface area contributed by atoms with Gasteiger partial charge in [-0.15, -0.1) is 0 Å². The number of likely N-dealkylation sites (N-methyl/N-ethyl adjacent to an activating group) is 1. The lowest BCUT2D eigenvalue weighted by Gasteiger charge is -2.31. The van der Waals surface area contributed by atoms with E-state index in [1.165, 1.54) is 11.9 Å². The van der Waals surface area contributed by atoms with Gasteiger partial charge in [0.25, 0.3) is 0 Å². The van der Waals surface area contributed by atoms with E-state index in [2.05, 4.69) is 5.32 Å². The molecule has 0 atom stereocenters. The molecule has 0 aromatic rings. The van der Waals surface area contributed by atoms with Crippen LogP contribution in [0.4, 0.5) is 4.79 Å². The maximum absolute atomic E-state index is 12.0. The van der Waals surface area contributed by atoms with Crippen molar-refractivity contribution in [2.24, 2.45) is 0 Å². The standard InChI is InChI=1S/C13H22N2O5/c1-3-20-11(18)9-15(2)12(19)14-13(8-10(16)17)6-4-5-7-13/h3-9H2,1-2H3,(H,14,19)(H,16,17). The van der Waals surface area contributed by atoms with E-state index in [4.69, 9.17) is 9.84 Å². The summed E-state index contributed by atoms with van der Waals surface area (Å²) in [5.41, 5.74) is -0.689. The number of carbonyl (C=O) groups is 3. The lowest BCUT2D eigenvalue weighted by Crippen LogP contribution is -2.52. The molecule has 1 saturated carbocycles. The molecule has 7 nitrogen and oxygen atoms in total. The number of nitrogens with one attached hydrogen (secondary N) is 1. The van der Waals surface area contributed by atoms with Gasteiger partial charge in [-0.05, 0) is 19.8 Å². The van der Waals surface area contributed by atoms with Crippen molar-refractivity contribution >= 4 is 18.0 Å². The van der Waals surface area contributed by atoms with Crippen molar-refractivity contribution in [3.8, 4) is 0 Å². The zero-order valence-electron chi connectivity index (χ0n) is 12.0. The first-order chi connectivity index (χ1) is 9.38. The fourth-order valence-electron chi connectivity index (χ4n) is 2.48. The van der Waals surface area contributed by atoms with E-state index in [9.17, 15) is 14.4 Å². The first-order valence-electron chi connectivity index (χ1n) is 6.79. The van der Waals surface area contributed by atoms with Crippen molar-refractivity contribution < 1.29 is 24.2 Å². The highest BCUT2D eigenvalue weighted by atomic mass is 16.5. The van der Waals surface area contributed by atoms with Crippen molar-refractivity contribution in [2.75, 3.05) is 20.2 Å². The van der Waals surface area contributed by atoms with Crippen LogP contribution in [0.2, 0.25) is 0 Å². The quantitative estimate of drug-likeness (QED) is 0.709. The Hall–Kier alpha value is -1.79. The van der Waals surface area contributed by atoms with Crippen LogP contribution < -0.4 is 5.32 Å². The zero-order valence-corrected chi connectivity index (χ0v) is 12.0. The second-order valence-corrected chi connectivity index (χ2v) is 5.15. The summed E-state index contributed by atoms with van der Waals surface area (Å²) in [6.07, 6.45) is 3.01. The van der Waals surface area contributed by atoms with Gasteiger partial charge in [0.1, 0.15) is 6.54 Å². The van der Waals surface area contributed by atoms with Crippen LogP contribution in [0.1, 0.15) is 39.0 Å². The minimum absolute atomic E-state index is 0.0913. The molecule has 1 rings (SSSR count). The Kier molecular flexibility index (Phi) is 5.79. The normalized spacial score (nSPS) is 16.5. The number of amides is 2. The predicted octanol–water partition coefficient (Wildman–Crippen LogP) is 0.978. The zero-order chi connectivity index (χ0) is 15.2. The fourth-order valence-corrected chi connectivity index (χ4v) is 2.48. The molecule has 0 spiro atoms. The van der Waals surface area contributed by atoms with Crippen molar-refractivity contribution in [1.82, 2.24) is 10.2 Å². The number of hydrogen-bond donors (Lipinski definition) is 2. The molecule has 114 valence electrons. The fraction of sp³-hybridized carbons (Fsp3) is 0.769. The van der Waals surface area contributed by atoms with Gasteiger partial charge in [-0.2, -0.15) is 0 Å². The molecule has 0 aromatic heterocycles. The van der Waals surface area contributed by atoms with Crippen LogP contribution in [0.25, 0.3) is 0 Å². The third kappa shape index (κ3) is 4.71. The molecular weight excluding hydrogens is 264 g/mol. The number of esters is 1. The topological polar surface area (TPSA) is 95.9 Å². The number of aliphatic carboxylic acids is 1. The summed E-state index contributed by atoms with van der Waals surface area (Å²) in [4.78, 5) is 35.5. The molecule has 7 heteroatoms. The Morgan fingerprint density at radius 3 is 2.40 bits per heavy atom. The van der Waals surface area contributed by atoms with Crippen LogP contribution >= 0.6 is 0 Å². The molecule has 2 amide bonds. The van der Waals surface area contributed by atoms with E-state index in [-0.39, 0.29) is 19.6 Å². The van der Waals surface area contributed by atoms with Crippen LogP contribution in [0, 0.1) is 0 Å². The number of urea groups is 1. The van der Waals surface area contributed by atoms with E-state index >= 15 is 0 Å². The first kappa shape index (κ1) is 16.3. The maximum Gasteiger partial charge on any atom is 0.325 e. The van der Waals surface area contributed by atoms with Crippen LogP contribution in [-0.2, 0) is 14.3 Å². The molecular formula is C13H22N2O5. The molecule has 1 aliphatic rings. The van der Waals surface area contributed by atoms with Crippen LogP contribution in [0.3, 0.4) is 0 Å². The van der Waals surface area contributed by atoms with Crippen LogP contribution in [-0.4, -0.2) is 53.7 Å². The smallest absolute Gasteiger partial charge is 0.325 e. The van der Waals surface area contributed by atoms with Gasteiger partial charge >= 0.3 is 18.0 Å². The number of carboxylic acids is 1. The Balaban J connectivity index is 2.57. The van der Waals surface area contributed by atoms with Gasteiger partial charge in [-0.3, -0.25) is 9.59 Å². The van der Waals surface area contributed by atoms with E-state index in [1.54, 1.807) is 6.92 Å². The van der Waals surface area contributed by atoms with Gasteiger partial charge in [0.2, 0.25) is 0 Å². The average Bonchev–Trinajstić information content (AvgIpc) is 2.76. The van der Waals surface area contributed by atoms with Gasteiger partial charge in [-0.25, -0.2) is 4.79 Å². The summed E-state index contributed by atoms with van der Waals surface area (Å²) in [6, 6.07) is -0.443. The predicted molar refractivity (Wildman–Crippen MR) is 71.2 cm³/mol. The maximum atomic E-state index is 12.0. The lowest BCUT2D eigenvalue weighted by molar-refractivity contribution is -0.143. The summed E-state index contributed by atoms with van der Waals surface area (Å²) in [5.74, 6) is -1.41. The number of carbonyl (C=O) groups excluding carboxylic acids is 2. The SMILES string of the molecule is CCOC(=O)CN(C)C(=O)NC1(CC(=O)O)CCCC1. The second-order valence-electron chi connectivity index (χ2n) is 5.15. The molecule has 1 fully saturated rings. The number of carboxylic acid groups (broad SMARTS) is 1. The molecule has 0 heterocycles. The number of rotatable bonds is 6. The number of hydrogen-bond acceptors (Lipinski definition) is 4. The molecule has 0 unspecified atom stereocenters. The van der Waals surface area contributed by atoms with Gasteiger partial charge in [0.15, 0.2) is 0 Å². The third-order valence-electron chi connectivity index (χ3n) is 3.44. The molecule has 0 bridgehead atoms. The largest absolute Gasteiger partial charge is 0.481 e. The van der Waals surface area contributed by atoms with Gasteiger partial charge < -0.3 is 20.1 Å². The van der Waals surface area contributed by atoms with Crippen molar-refractivity contribution in [1.29, 1.82) is 0 Å². The molecule has 1 aliphatic carbocycles. The Morgan fingerprint density at radius 1 is 1.30 bits per heavy atom. The summed E-state index contributed by atoms with van der Waals surface area (Å²) >= 11 is 0. The minimum atomic E-state index is -0.930. The monoisotopic (exact) mass is 286 g/mol. The van der Waals surface area contributed by atoms with E-state index < -0.39 is 23.5 Å². The second kappa shape index (κ2) is 7.12. The minimum Gasteiger partial charge on any atom is -0.481 e. The summed E-state index contributed by atoms with van der Waals surface area (Å²) in [6.45, 7) is 1.80. The highest BCUT2D eigenvalue weighted by Crippen LogP contribution is 2.32. The van der Waals surface area contributed by atoms with Gasteiger partial charge in [0, 0.05) is 7.05 Å². The van der Waals surface area contributed by atoms with E-state index in [0.29, 0.717) is 12.8 Å².